The summed E-state index contributed by atoms with van der Waals surface area (Å²) < 4.78 is 5.93. The van der Waals surface area contributed by atoms with Crippen molar-refractivity contribution in [1.29, 1.82) is 0 Å². The minimum atomic E-state index is -0.210. The van der Waals surface area contributed by atoms with Gasteiger partial charge in [-0.2, -0.15) is 5.10 Å². The Morgan fingerprint density at radius 3 is 2.50 bits per heavy atom. The maximum Gasteiger partial charge on any atom is 0.254 e. The fourth-order valence-electron chi connectivity index (χ4n) is 4.30. The van der Waals surface area contributed by atoms with Crippen LogP contribution in [0.15, 0.2) is 55.0 Å². The normalized spacial score (nSPS) is 12.2. The third kappa shape index (κ3) is 5.64. The SMILES string of the molecule is CCOc1cc(C(=O)N(C)[C@H](CCN(C)C)c2cncc3cn[nH]c23)ccc1-c1cc(Cl)cc(Cl)c1. The van der Waals surface area contributed by atoms with E-state index < -0.39 is 0 Å². The molecule has 0 saturated carbocycles. The minimum absolute atomic E-state index is 0.119. The second-order valence-corrected chi connectivity index (χ2v) is 9.76. The molecule has 2 aromatic heterocycles. The van der Waals surface area contributed by atoms with E-state index in [-0.39, 0.29) is 11.9 Å². The molecular formula is C27H29Cl2N5O2. The maximum absolute atomic E-state index is 13.8. The molecule has 36 heavy (non-hydrogen) atoms. The molecule has 1 atom stereocenters. The van der Waals surface area contributed by atoms with E-state index in [1.807, 2.05) is 58.5 Å². The Morgan fingerprint density at radius 2 is 1.81 bits per heavy atom. The number of rotatable bonds is 9. The van der Waals surface area contributed by atoms with Crippen LogP contribution < -0.4 is 4.74 Å². The predicted molar refractivity (Wildman–Crippen MR) is 145 cm³/mol. The fourth-order valence-corrected chi connectivity index (χ4v) is 4.83. The van der Waals surface area contributed by atoms with Crippen LogP contribution in [-0.4, -0.2) is 65.2 Å². The summed E-state index contributed by atoms with van der Waals surface area (Å²) in [5.74, 6) is 0.476. The zero-order valence-electron chi connectivity index (χ0n) is 20.8. The molecule has 1 N–H and O–H groups in total. The molecule has 0 bridgehead atoms. The number of carbonyl (C=O) groups excluding carboxylic acids is 1. The topological polar surface area (TPSA) is 74.3 Å². The third-order valence-corrected chi connectivity index (χ3v) is 6.52. The van der Waals surface area contributed by atoms with Gasteiger partial charge in [-0.15, -0.1) is 0 Å². The number of pyridine rings is 1. The van der Waals surface area contributed by atoms with Gasteiger partial charge in [0, 0.05) is 51.6 Å². The Balaban J connectivity index is 1.71. The Hall–Kier alpha value is -3.13. The largest absolute Gasteiger partial charge is 0.493 e. The predicted octanol–water partition coefficient (Wildman–Crippen LogP) is 6.10. The van der Waals surface area contributed by atoms with Crippen LogP contribution in [0.2, 0.25) is 10.0 Å². The Kier molecular flexibility index (Phi) is 8.14. The summed E-state index contributed by atoms with van der Waals surface area (Å²) in [7, 11) is 5.86. The summed E-state index contributed by atoms with van der Waals surface area (Å²) in [5.41, 5.74) is 3.98. The van der Waals surface area contributed by atoms with Gasteiger partial charge in [0.2, 0.25) is 0 Å². The van der Waals surface area contributed by atoms with Crippen LogP contribution in [0.3, 0.4) is 0 Å². The zero-order chi connectivity index (χ0) is 25.8. The first-order valence-corrected chi connectivity index (χ1v) is 12.5. The van der Waals surface area contributed by atoms with E-state index in [0.717, 1.165) is 40.6 Å². The van der Waals surface area contributed by atoms with Crippen molar-refractivity contribution in [3.63, 3.8) is 0 Å². The molecule has 0 aliphatic carbocycles. The Morgan fingerprint density at radius 1 is 1.06 bits per heavy atom. The van der Waals surface area contributed by atoms with E-state index in [0.29, 0.717) is 28.0 Å². The van der Waals surface area contributed by atoms with E-state index in [2.05, 4.69) is 20.1 Å². The molecule has 4 rings (SSSR count). The van der Waals surface area contributed by atoms with Crippen molar-refractivity contribution in [3.05, 3.63) is 76.2 Å². The second-order valence-electron chi connectivity index (χ2n) is 8.89. The second kappa shape index (κ2) is 11.3. The van der Waals surface area contributed by atoms with Gasteiger partial charge in [-0.1, -0.05) is 23.2 Å². The average Bonchev–Trinajstić information content (AvgIpc) is 3.32. The minimum Gasteiger partial charge on any atom is -0.493 e. The van der Waals surface area contributed by atoms with Gasteiger partial charge >= 0.3 is 0 Å². The first-order chi connectivity index (χ1) is 17.3. The number of benzene rings is 2. The molecule has 4 aromatic rings. The number of fused-ring (bicyclic) bond motifs is 1. The maximum atomic E-state index is 13.8. The van der Waals surface area contributed by atoms with Crippen molar-refractivity contribution in [3.8, 4) is 16.9 Å². The van der Waals surface area contributed by atoms with Crippen molar-refractivity contribution in [2.75, 3.05) is 34.3 Å². The monoisotopic (exact) mass is 525 g/mol. The lowest BCUT2D eigenvalue weighted by Gasteiger charge is -2.30. The number of amides is 1. The number of hydrogen-bond acceptors (Lipinski definition) is 5. The Bertz CT molecular complexity index is 1350. The van der Waals surface area contributed by atoms with Gasteiger partial charge in [0.25, 0.3) is 5.91 Å². The summed E-state index contributed by atoms with van der Waals surface area (Å²) >= 11 is 12.5. The lowest BCUT2D eigenvalue weighted by molar-refractivity contribution is 0.0716. The van der Waals surface area contributed by atoms with Crippen molar-refractivity contribution in [2.24, 2.45) is 0 Å². The molecule has 7 nitrogen and oxygen atoms in total. The van der Waals surface area contributed by atoms with Gasteiger partial charge in [-0.25, -0.2) is 0 Å². The van der Waals surface area contributed by atoms with E-state index in [9.17, 15) is 4.79 Å². The molecule has 0 unspecified atom stereocenters. The molecule has 1 amide bonds. The highest BCUT2D eigenvalue weighted by molar-refractivity contribution is 6.35. The number of carbonyl (C=O) groups is 1. The summed E-state index contributed by atoms with van der Waals surface area (Å²) in [4.78, 5) is 22.0. The number of nitrogens with one attached hydrogen (secondary N) is 1. The van der Waals surface area contributed by atoms with Crippen LogP contribution in [0, 0.1) is 0 Å². The van der Waals surface area contributed by atoms with Crippen molar-refractivity contribution < 1.29 is 9.53 Å². The van der Waals surface area contributed by atoms with Crippen molar-refractivity contribution >= 4 is 40.0 Å². The number of hydrogen-bond donors (Lipinski definition) is 1. The zero-order valence-corrected chi connectivity index (χ0v) is 22.3. The molecule has 0 radical (unpaired) electrons. The molecule has 9 heteroatoms. The number of nitrogens with zero attached hydrogens (tertiary/aromatic N) is 4. The van der Waals surface area contributed by atoms with Crippen molar-refractivity contribution in [1.82, 2.24) is 25.0 Å². The quantitative estimate of drug-likeness (QED) is 0.286. The number of H-pyrrole nitrogens is 1. The van der Waals surface area contributed by atoms with Gasteiger partial charge < -0.3 is 14.5 Å². The number of aromatic amines is 1. The first-order valence-electron chi connectivity index (χ1n) is 11.7. The summed E-state index contributed by atoms with van der Waals surface area (Å²) in [5, 5.41) is 9.21. The first kappa shape index (κ1) is 25.9. The molecule has 0 aliphatic heterocycles. The average molecular weight is 526 g/mol. The number of ether oxygens (including phenoxy) is 1. The van der Waals surface area contributed by atoms with Crippen molar-refractivity contribution in [2.45, 2.75) is 19.4 Å². The standard InChI is InChI=1S/C27H29Cl2N5O2/c1-5-36-25-12-17(6-7-22(25)18-10-20(28)13-21(29)11-18)27(35)34(4)24(8-9-33(2)3)23-16-30-14-19-15-31-32-26(19)23/h6-7,10-16,24H,5,8-9H2,1-4H3,(H,31,32)/t24-/m1/s1. The van der Waals surface area contributed by atoms with E-state index in [1.165, 1.54) is 0 Å². The Labute approximate surface area is 221 Å². The van der Waals surface area contributed by atoms with Gasteiger partial charge in [0.15, 0.2) is 0 Å². The van der Waals surface area contributed by atoms with E-state index >= 15 is 0 Å². The molecule has 188 valence electrons. The van der Waals surface area contributed by atoms with Crippen LogP contribution in [-0.2, 0) is 0 Å². The summed E-state index contributed by atoms with van der Waals surface area (Å²) in [6.07, 6.45) is 6.04. The molecule has 0 spiro atoms. The summed E-state index contributed by atoms with van der Waals surface area (Å²) in [6, 6.07) is 10.6. The third-order valence-electron chi connectivity index (χ3n) is 6.08. The van der Waals surface area contributed by atoms with Gasteiger partial charge in [-0.3, -0.25) is 14.9 Å². The molecule has 0 saturated heterocycles. The highest BCUT2D eigenvalue weighted by Crippen LogP contribution is 2.36. The van der Waals surface area contributed by atoms with Crippen LogP contribution >= 0.6 is 23.2 Å². The lowest BCUT2D eigenvalue weighted by atomic mass is 9.99. The highest BCUT2D eigenvalue weighted by Gasteiger charge is 2.26. The van der Waals surface area contributed by atoms with Crippen LogP contribution in [0.1, 0.15) is 35.3 Å². The highest BCUT2D eigenvalue weighted by atomic mass is 35.5. The molecule has 0 fully saturated rings. The molecule has 0 aliphatic rings. The van der Waals surface area contributed by atoms with Crippen LogP contribution in [0.25, 0.3) is 22.0 Å². The van der Waals surface area contributed by atoms with Gasteiger partial charge in [0.1, 0.15) is 5.75 Å². The lowest BCUT2D eigenvalue weighted by Crippen LogP contribution is -2.33. The number of halogens is 2. The van der Waals surface area contributed by atoms with Gasteiger partial charge in [0.05, 0.1) is 24.4 Å². The molecule has 2 heterocycles. The van der Waals surface area contributed by atoms with E-state index in [4.69, 9.17) is 27.9 Å². The van der Waals surface area contributed by atoms with Crippen LogP contribution in [0.4, 0.5) is 0 Å². The van der Waals surface area contributed by atoms with E-state index in [1.54, 1.807) is 29.4 Å². The number of aromatic nitrogens is 3. The van der Waals surface area contributed by atoms with Gasteiger partial charge in [-0.05, 0) is 75.9 Å². The van der Waals surface area contributed by atoms with Crippen LogP contribution in [0.5, 0.6) is 5.75 Å². The summed E-state index contributed by atoms with van der Waals surface area (Å²) in [6.45, 7) is 3.16. The fraction of sp³-hybridized carbons (Fsp3) is 0.296. The smallest absolute Gasteiger partial charge is 0.254 e. The molecular weight excluding hydrogens is 497 g/mol. The molecule has 2 aromatic carbocycles.